The van der Waals surface area contributed by atoms with Gasteiger partial charge in [0.25, 0.3) is 0 Å². The molecule has 1 atom stereocenters. The summed E-state index contributed by atoms with van der Waals surface area (Å²) in [7, 11) is 0. The third-order valence-electron chi connectivity index (χ3n) is 3.28. The van der Waals surface area contributed by atoms with Crippen LogP contribution in [0.15, 0.2) is 18.2 Å². The number of anilines is 1. The van der Waals surface area contributed by atoms with E-state index in [4.69, 9.17) is 5.11 Å². The van der Waals surface area contributed by atoms with Crippen LogP contribution in [0.2, 0.25) is 0 Å². The quantitative estimate of drug-likeness (QED) is 0.643. The Morgan fingerprint density at radius 2 is 2.00 bits per heavy atom. The number of carbonyl (C=O) groups is 2. The van der Waals surface area contributed by atoms with E-state index in [9.17, 15) is 9.59 Å². The van der Waals surface area contributed by atoms with Crippen molar-refractivity contribution in [1.29, 1.82) is 0 Å². The molecular formula is C16H24N2O3. The molecule has 0 aromatic heterocycles. The minimum Gasteiger partial charge on any atom is -0.480 e. The molecule has 0 aliphatic carbocycles. The molecule has 0 spiro atoms. The number of unbranched alkanes of at least 4 members (excludes halogenated alkanes) is 1. The number of nitrogens with one attached hydrogen (secondary N) is 2. The summed E-state index contributed by atoms with van der Waals surface area (Å²) in [6, 6.07) is 4.94. The molecule has 0 aliphatic rings. The van der Waals surface area contributed by atoms with Crippen molar-refractivity contribution in [3.63, 3.8) is 0 Å². The molecule has 5 nitrogen and oxygen atoms in total. The van der Waals surface area contributed by atoms with Gasteiger partial charge in [0.05, 0.1) is 6.42 Å². The largest absolute Gasteiger partial charge is 0.480 e. The van der Waals surface area contributed by atoms with Crippen LogP contribution in [0.25, 0.3) is 0 Å². The molecule has 116 valence electrons. The Hall–Kier alpha value is -1.88. The van der Waals surface area contributed by atoms with E-state index < -0.39 is 12.0 Å². The minimum atomic E-state index is -0.998. The average Bonchev–Trinajstić information content (AvgIpc) is 2.42. The van der Waals surface area contributed by atoms with Gasteiger partial charge in [-0.25, -0.2) is 0 Å². The van der Waals surface area contributed by atoms with E-state index in [0.717, 1.165) is 29.7 Å². The van der Waals surface area contributed by atoms with Gasteiger partial charge in [0, 0.05) is 5.69 Å². The summed E-state index contributed by atoms with van der Waals surface area (Å²) >= 11 is 0. The lowest BCUT2D eigenvalue weighted by molar-refractivity contribution is -0.141. The van der Waals surface area contributed by atoms with Crippen LogP contribution in [-0.2, 0) is 9.59 Å². The van der Waals surface area contributed by atoms with Crippen LogP contribution in [0.3, 0.4) is 0 Å². The number of hydrogen-bond acceptors (Lipinski definition) is 3. The Bertz CT molecular complexity index is 500. The lowest BCUT2D eigenvalue weighted by atomic mass is 10.1. The van der Waals surface area contributed by atoms with Gasteiger partial charge < -0.3 is 15.7 Å². The predicted molar refractivity (Wildman–Crippen MR) is 83.5 cm³/mol. The summed E-state index contributed by atoms with van der Waals surface area (Å²) in [4.78, 5) is 23.2. The fraction of sp³-hybridized carbons (Fsp3) is 0.500. The van der Waals surface area contributed by atoms with Crippen molar-refractivity contribution in [2.24, 2.45) is 0 Å². The molecule has 1 amide bonds. The number of amides is 1. The number of aryl methyl sites for hydroxylation is 2. The Labute approximate surface area is 125 Å². The highest BCUT2D eigenvalue weighted by atomic mass is 16.4. The van der Waals surface area contributed by atoms with Crippen molar-refractivity contribution in [1.82, 2.24) is 5.32 Å². The normalized spacial score (nSPS) is 12.0. The predicted octanol–water partition coefficient (Wildman–Crippen LogP) is 2.47. The van der Waals surface area contributed by atoms with E-state index in [1.807, 2.05) is 39.0 Å². The molecule has 0 bridgehead atoms. The van der Waals surface area contributed by atoms with E-state index in [2.05, 4.69) is 10.6 Å². The SMILES string of the molecule is CCCCNC(CC(=O)Nc1cc(C)ccc1C)C(=O)O. The van der Waals surface area contributed by atoms with Gasteiger partial charge in [-0.2, -0.15) is 0 Å². The first-order chi connectivity index (χ1) is 9.93. The molecule has 0 aliphatic heterocycles. The fourth-order valence-electron chi connectivity index (χ4n) is 1.96. The Balaban J connectivity index is 2.61. The number of rotatable bonds is 8. The second kappa shape index (κ2) is 8.42. The van der Waals surface area contributed by atoms with Gasteiger partial charge in [-0.3, -0.25) is 9.59 Å². The summed E-state index contributed by atoms with van der Waals surface area (Å²) in [6.07, 6.45) is 1.79. The number of carbonyl (C=O) groups excluding carboxylic acids is 1. The van der Waals surface area contributed by atoms with E-state index >= 15 is 0 Å². The average molecular weight is 292 g/mol. The minimum absolute atomic E-state index is 0.0770. The second-order valence-electron chi connectivity index (χ2n) is 5.27. The second-order valence-corrected chi connectivity index (χ2v) is 5.27. The van der Waals surface area contributed by atoms with E-state index in [1.165, 1.54) is 0 Å². The molecule has 21 heavy (non-hydrogen) atoms. The fourth-order valence-corrected chi connectivity index (χ4v) is 1.96. The summed E-state index contributed by atoms with van der Waals surface area (Å²) in [5.41, 5.74) is 2.74. The lowest BCUT2D eigenvalue weighted by Crippen LogP contribution is -2.40. The molecule has 0 saturated carbocycles. The molecule has 1 unspecified atom stereocenters. The molecule has 0 radical (unpaired) electrons. The third kappa shape index (κ3) is 5.95. The Kier molecular flexibility index (Phi) is 6.88. The third-order valence-corrected chi connectivity index (χ3v) is 3.28. The van der Waals surface area contributed by atoms with Crippen LogP contribution in [0, 0.1) is 13.8 Å². The smallest absolute Gasteiger partial charge is 0.321 e. The van der Waals surface area contributed by atoms with E-state index in [-0.39, 0.29) is 12.3 Å². The number of carboxylic acid groups (broad SMARTS) is 1. The molecular weight excluding hydrogens is 268 g/mol. The van der Waals surface area contributed by atoms with Crippen LogP contribution >= 0.6 is 0 Å². The molecule has 5 heteroatoms. The van der Waals surface area contributed by atoms with Crippen molar-refractivity contribution in [3.05, 3.63) is 29.3 Å². The Morgan fingerprint density at radius 3 is 2.62 bits per heavy atom. The van der Waals surface area contributed by atoms with Gasteiger partial charge in [0.2, 0.25) is 5.91 Å². The summed E-state index contributed by atoms with van der Waals surface area (Å²) in [6.45, 7) is 6.49. The van der Waals surface area contributed by atoms with Crippen molar-refractivity contribution < 1.29 is 14.7 Å². The zero-order valence-corrected chi connectivity index (χ0v) is 12.9. The van der Waals surface area contributed by atoms with Gasteiger partial charge in [-0.15, -0.1) is 0 Å². The van der Waals surface area contributed by atoms with Crippen molar-refractivity contribution in [2.75, 3.05) is 11.9 Å². The molecule has 0 fully saturated rings. The monoisotopic (exact) mass is 292 g/mol. The van der Waals surface area contributed by atoms with Crippen molar-refractivity contribution >= 4 is 17.6 Å². The lowest BCUT2D eigenvalue weighted by Gasteiger charge is -2.15. The van der Waals surface area contributed by atoms with Crippen LogP contribution < -0.4 is 10.6 Å². The summed E-state index contributed by atoms with van der Waals surface area (Å²) in [5, 5.41) is 14.8. The van der Waals surface area contributed by atoms with Gasteiger partial charge in [0.1, 0.15) is 6.04 Å². The first kappa shape index (κ1) is 17.2. The highest BCUT2D eigenvalue weighted by Gasteiger charge is 2.20. The first-order valence-electron chi connectivity index (χ1n) is 7.27. The zero-order valence-electron chi connectivity index (χ0n) is 12.9. The maximum absolute atomic E-state index is 12.0. The highest BCUT2D eigenvalue weighted by Crippen LogP contribution is 2.16. The van der Waals surface area contributed by atoms with Gasteiger partial charge in [0.15, 0.2) is 0 Å². The number of hydrogen-bond donors (Lipinski definition) is 3. The topological polar surface area (TPSA) is 78.4 Å². The van der Waals surface area contributed by atoms with Gasteiger partial charge in [-0.05, 0) is 44.0 Å². The molecule has 1 rings (SSSR count). The maximum atomic E-state index is 12.0. The highest BCUT2D eigenvalue weighted by molar-refractivity contribution is 5.94. The maximum Gasteiger partial charge on any atom is 0.321 e. The zero-order chi connectivity index (χ0) is 15.8. The number of carboxylic acids is 1. The summed E-state index contributed by atoms with van der Waals surface area (Å²) < 4.78 is 0. The standard InChI is InChI=1S/C16H24N2O3/c1-4-5-8-17-14(16(20)21)10-15(19)18-13-9-11(2)6-7-12(13)3/h6-7,9,14,17H,4-5,8,10H2,1-3H3,(H,18,19)(H,20,21). The van der Waals surface area contributed by atoms with Crippen LogP contribution in [0.4, 0.5) is 5.69 Å². The number of aliphatic carboxylic acids is 1. The van der Waals surface area contributed by atoms with Crippen LogP contribution in [0.1, 0.15) is 37.3 Å². The van der Waals surface area contributed by atoms with E-state index in [1.54, 1.807) is 0 Å². The van der Waals surface area contributed by atoms with Crippen LogP contribution in [-0.4, -0.2) is 29.6 Å². The van der Waals surface area contributed by atoms with Crippen molar-refractivity contribution in [3.8, 4) is 0 Å². The number of benzene rings is 1. The first-order valence-corrected chi connectivity index (χ1v) is 7.27. The molecule has 0 heterocycles. The summed E-state index contributed by atoms with van der Waals surface area (Å²) in [5.74, 6) is -1.29. The van der Waals surface area contributed by atoms with Crippen molar-refractivity contribution in [2.45, 2.75) is 46.1 Å². The van der Waals surface area contributed by atoms with Crippen LogP contribution in [0.5, 0.6) is 0 Å². The Morgan fingerprint density at radius 1 is 1.29 bits per heavy atom. The molecule has 1 aromatic carbocycles. The molecule has 1 aromatic rings. The molecule has 3 N–H and O–H groups in total. The van der Waals surface area contributed by atoms with Gasteiger partial charge >= 0.3 is 5.97 Å². The molecule has 0 saturated heterocycles. The van der Waals surface area contributed by atoms with E-state index in [0.29, 0.717) is 6.54 Å². The van der Waals surface area contributed by atoms with Gasteiger partial charge in [-0.1, -0.05) is 25.5 Å².